The van der Waals surface area contributed by atoms with Gasteiger partial charge in [0.2, 0.25) is 0 Å². The third-order valence-corrected chi connectivity index (χ3v) is 5.96. The first-order valence-corrected chi connectivity index (χ1v) is 10.8. The molecule has 1 aromatic rings. The Morgan fingerprint density at radius 2 is 1.66 bits per heavy atom. The van der Waals surface area contributed by atoms with Crippen LogP contribution in [-0.4, -0.2) is 56.2 Å². The number of rotatable bonds is 7. The molecule has 29 heavy (non-hydrogen) atoms. The van der Waals surface area contributed by atoms with Gasteiger partial charge in [-0.2, -0.15) is 0 Å². The smallest absolute Gasteiger partial charge is 0.319 e. The van der Waals surface area contributed by atoms with Crippen LogP contribution < -0.4 is 16.0 Å². The van der Waals surface area contributed by atoms with Gasteiger partial charge in [0, 0.05) is 30.6 Å². The molecule has 1 aliphatic heterocycles. The standard InChI is InChI=1S/C22H34N4O3/c1-26(2)19(16-7-4-3-5-8-16)15-23-22(28)25-18-12-10-17(11-13-18)24-21(27)20-9-6-14-29-20/h10-13,16,19-20H,3-9,14-15H2,1-2H3,(H,24,27)(H2,23,25,28)/t19-,20-/m1/s1. The summed E-state index contributed by atoms with van der Waals surface area (Å²) in [5, 5.41) is 8.74. The van der Waals surface area contributed by atoms with Crippen molar-refractivity contribution in [2.75, 3.05) is 37.9 Å². The van der Waals surface area contributed by atoms with Crippen molar-refractivity contribution in [3.8, 4) is 0 Å². The molecule has 1 saturated carbocycles. The zero-order chi connectivity index (χ0) is 20.6. The molecule has 3 N–H and O–H groups in total. The van der Waals surface area contributed by atoms with Gasteiger partial charge < -0.3 is 25.6 Å². The number of hydrogen-bond acceptors (Lipinski definition) is 4. The second kappa shape index (κ2) is 10.6. The lowest BCUT2D eigenvalue weighted by Gasteiger charge is -2.34. The van der Waals surface area contributed by atoms with Crippen molar-refractivity contribution in [1.82, 2.24) is 10.2 Å². The van der Waals surface area contributed by atoms with Gasteiger partial charge >= 0.3 is 6.03 Å². The molecule has 1 aliphatic carbocycles. The van der Waals surface area contributed by atoms with E-state index in [0.29, 0.717) is 36.5 Å². The van der Waals surface area contributed by atoms with Crippen LogP contribution in [0.4, 0.5) is 16.2 Å². The number of benzene rings is 1. The second-order valence-electron chi connectivity index (χ2n) is 8.33. The van der Waals surface area contributed by atoms with Gasteiger partial charge in [-0.15, -0.1) is 0 Å². The zero-order valence-corrected chi connectivity index (χ0v) is 17.6. The number of ether oxygens (including phenoxy) is 1. The van der Waals surface area contributed by atoms with Gasteiger partial charge in [-0.05, 0) is 70.0 Å². The maximum absolute atomic E-state index is 12.3. The van der Waals surface area contributed by atoms with E-state index in [2.05, 4.69) is 34.9 Å². The van der Waals surface area contributed by atoms with E-state index in [1.807, 2.05) is 0 Å². The number of nitrogens with zero attached hydrogens (tertiary/aromatic N) is 1. The van der Waals surface area contributed by atoms with Gasteiger partial charge in [-0.1, -0.05) is 19.3 Å². The molecule has 7 nitrogen and oxygen atoms in total. The maximum Gasteiger partial charge on any atom is 0.319 e. The third kappa shape index (κ3) is 6.44. The lowest BCUT2D eigenvalue weighted by Crippen LogP contribution is -2.46. The minimum atomic E-state index is -0.354. The lowest BCUT2D eigenvalue weighted by molar-refractivity contribution is -0.124. The molecule has 2 atom stereocenters. The Labute approximate surface area is 173 Å². The molecule has 160 valence electrons. The Balaban J connectivity index is 1.45. The van der Waals surface area contributed by atoms with Gasteiger partial charge in [0.15, 0.2) is 0 Å². The van der Waals surface area contributed by atoms with E-state index in [1.165, 1.54) is 32.1 Å². The highest BCUT2D eigenvalue weighted by atomic mass is 16.5. The summed E-state index contributed by atoms with van der Waals surface area (Å²) in [6, 6.07) is 7.30. The van der Waals surface area contributed by atoms with Gasteiger partial charge in [-0.3, -0.25) is 4.79 Å². The van der Waals surface area contributed by atoms with Crippen LogP contribution in [0, 0.1) is 5.92 Å². The molecule has 2 aliphatic rings. The first-order chi connectivity index (χ1) is 14.0. The van der Waals surface area contributed by atoms with Crippen LogP contribution in [0.3, 0.4) is 0 Å². The molecule has 3 rings (SSSR count). The SMILES string of the molecule is CN(C)[C@H](CNC(=O)Nc1ccc(NC(=O)[C@H]2CCCO2)cc1)C1CCCCC1. The number of amides is 3. The topological polar surface area (TPSA) is 82.7 Å². The van der Waals surface area contributed by atoms with Crippen molar-refractivity contribution in [2.45, 2.75) is 57.1 Å². The van der Waals surface area contributed by atoms with Crippen molar-refractivity contribution in [1.29, 1.82) is 0 Å². The Hall–Kier alpha value is -2.12. The molecule has 1 heterocycles. The number of hydrogen-bond donors (Lipinski definition) is 3. The Morgan fingerprint density at radius 1 is 1.00 bits per heavy atom. The number of urea groups is 1. The minimum absolute atomic E-state index is 0.113. The highest BCUT2D eigenvalue weighted by molar-refractivity contribution is 5.95. The number of nitrogens with one attached hydrogen (secondary N) is 3. The van der Waals surface area contributed by atoms with Crippen LogP contribution in [-0.2, 0) is 9.53 Å². The van der Waals surface area contributed by atoms with Crippen LogP contribution in [0.1, 0.15) is 44.9 Å². The summed E-state index contributed by atoms with van der Waals surface area (Å²) < 4.78 is 5.39. The normalized spacial score (nSPS) is 21.0. The molecule has 0 spiro atoms. The van der Waals surface area contributed by atoms with Crippen molar-refractivity contribution in [3.63, 3.8) is 0 Å². The predicted molar refractivity (Wildman–Crippen MR) is 115 cm³/mol. The van der Waals surface area contributed by atoms with E-state index in [-0.39, 0.29) is 18.0 Å². The number of carbonyl (C=O) groups excluding carboxylic acids is 2. The average Bonchev–Trinajstić information content (AvgIpc) is 3.25. The zero-order valence-electron chi connectivity index (χ0n) is 17.6. The summed E-state index contributed by atoms with van der Waals surface area (Å²) in [6.07, 6.45) is 7.72. The largest absolute Gasteiger partial charge is 0.368 e. The maximum atomic E-state index is 12.3. The summed E-state index contributed by atoms with van der Waals surface area (Å²) in [6.45, 7) is 1.28. The van der Waals surface area contributed by atoms with Crippen molar-refractivity contribution in [3.05, 3.63) is 24.3 Å². The molecule has 1 saturated heterocycles. The molecule has 2 fully saturated rings. The summed E-state index contributed by atoms with van der Waals surface area (Å²) in [7, 11) is 4.17. The fourth-order valence-corrected chi connectivity index (χ4v) is 4.31. The van der Waals surface area contributed by atoms with E-state index >= 15 is 0 Å². The second-order valence-corrected chi connectivity index (χ2v) is 8.33. The Morgan fingerprint density at radius 3 is 2.24 bits per heavy atom. The van der Waals surface area contributed by atoms with Crippen LogP contribution >= 0.6 is 0 Å². The molecular formula is C22H34N4O3. The summed E-state index contributed by atoms with van der Waals surface area (Å²) in [5.74, 6) is 0.532. The first kappa shape index (κ1) is 21.6. The number of carbonyl (C=O) groups is 2. The van der Waals surface area contributed by atoms with E-state index in [4.69, 9.17) is 4.74 Å². The van der Waals surface area contributed by atoms with Gasteiger partial charge in [0.25, 0.3) is 5.91 Å². The minimum Gasteiger partial charge on any atom is -0.368 e. The molecular weight excluding hydrogens is 368 g/mol. The van der Waals surface area contributed by atoms with Crippen LogP contribution in [0.5, 0.6) is 0 Å². The van der Waals surface area contributed by atoms with Crippen LogP contribution in [0.2, 0.25) is 0 Å². The van der Waals surface area contributed by atoms with Crippen molar-refractivity contribution < 1.29 is 14.3 Å². The summed E-state index contributed by atoms with van der Waals surface area (Å²) in [5.41, 5.74) is 1.39. The van der Waals surface area contributed by atoms with Gasteiger partial charge in [0.1, 0.15) is 6.10 Å². The molecule has 0 radical (unpaired) electrons. The average molecular weight is 403 g/mol. The number of anilines is 2. The van der Waals surface area contributed by atoms with Crippen LogP contribution in [0.15, 0.2) is 24.3 Å². The number of likely N-dealkylation sites (N-methyl/N-ethyl adjacent to an activating group) is 1. The highest BCUT2D eigenvalue weighted by Gasteiger charge is 2.26. The fourth-order valence-electron chi connectivity index (χ4n) is 4.31. The van der Waals surface area contributed by atoms with Crippen molar-refractivity contribution >= 4 is 23.3 Å². The highest BCUT2D eigenvalue weighted by Crippen LogP contribution is 2.28. The van der Waals surface area contributed by atoms with Crippen molar-refractivity contribution in [2.24, 2.45) is 5.92 Å². The molecule has 0 unspecified atom stereocenters. The first-order valence-electron chi connectivity index (χ1n) is 10.8. The predicted octanol–water partition coefficient (Wildman–Crippen LogP) is 3.44. The van der Waals surface area contributed by atoms with Gasteiger partial charge in [0.05, 0.1) is 0 Å². The van der Waals surface area contributed by atoms with E-state index < -0.39 is 0 Å². The molecule has 0 aromatic heterocycles. The Bertz CT molecular complexity index is 665. The van der Waals surface area contributed by atoms with E-state index in [1.54, 1.807) is 24.3 Å². The summed E-state index contributed by atoms with van der Waals surface area (Å²) in [4.78, 5) is 26.6. The summed E-state index contributed by atoms with van der Waals surface area (Å²) >= 11 is 0. The Kier molecular flexibility index (Phi) is 7.89. The van der Waals surface area contributed by atoms with Gasteiger partial charge in [-0.25, -0.2) is 4.79 Å². The molecule has 0 bridgehead atoms. The lowest BCUT2D eigenvalue weighted by atomic mass is 9.83. The molecule has 7 heteroatoms. The van der Waals surface area contributed by atoms with E-state index in [9.17, 15) is 9.59 Å². The van der Waals surface area contributed by atoms with Crippen LogP contribution in [0.25, 0.3) is 0 Å². The van der Waals surface area contributed by atoms with E-state index in [0.717, 1.165) is 12.8 Å². The molecule has 3 amide bonds. The molecule has 1 aromatic carbocycles. The quantitative estimate of drug-likeness (QED) is 0.652. The fraction of sp³-hybridized carbons (Fsp3) is 0.636. The third-order valence-electron chi connectivity index (χ3n) is 5.96. The monoisotopic (exact) mass is 402 g/mol.